The van der Waals surface area contributed by atoms with Crippen LogP contribution in [0.1, 0.15) is 98.8 Å². The number of aromatic nitrogens is 5. The van der Waals surface area contributed by atoms with Crippen molar-refractivity contribution >= 4 is 11.0 Å². The molecule has 0 saturated heterocycles. The summed E-state index contributed by atoms with van der Waals surface area (Å²) in [5, 5.41) is 4.05. The van der Waals surface area contributed by atoms with Gasteiger partial charge in [-0.2, -0.15) is 5.10 Å². The number of hydrogen-bond donors (Lipinski definition) is 0. The zero-order valence-corrected chi connectivity index (χ0v) is 20.2. The molecule has 0 spiro atoms. The third-order valence-electron chi connectivity index (χ3n) is 4.96. The number of hydrogen-bond acceptors (Lipinski definition) is 3. The fraction of sp³-hybridized carbons (Fsp3) is 0.483. The molecule has 0 radical (unpaired) electrons. The van der Waals surface area contributed by atoms with Gasteiger partial charge in [0.1, 0.15) is 5.82 Å². The van der Waals surface area contributed by atoms with E-state index in [0.717, 1.165) is 17.0 Å². The summed E-state index contributed by atoms with van der Waals surface area (Å²) in [5.74, 6) is 2.24. The van der Waals surface area contributed by atoms with Crippen LogP contribution in [0.4, 0.5) is 0 Å². The normalized spacial score (nSPS) is 9.85. The molecule has 0 atom stereocenters. The predicted octanol–water partition coefficient (Wildman–Crippen LogP) is 8.58. The standard InChI is InChI=1S/C11H14N2.C8H11N.C7H12N2.3CH4/c1-8(2)13-9(3)12-10-6-4-5-7-11(10)13;1-7(2)8-5-3-4-6-9-8;1-6(2)7-4-8-9(3)5-7;;;/h4-8H,1-3H3;3-7H,1-2H3;4-6H,1-3H3;3*1H4. The van der Waals surface area contributed by atoms with E-state index in [1.807, 2.05) is 54.6 Å². The molecule has 0 unspecified atom stereocenters. The predicted molar refractivity (Wildman–Crippen MR) is 151 cm³/mol. The minimum atomic E-state index is 0. The Labute approximate surface area is 209 Å². The lowest BCUT2D eigenvalue weighted by molar-refractivity contribution is 0.600. The van der Waals surface area contributed by atoms with Gasteiger partial charge in [-0.25, -0.2) is 4.98 Å². The van der Waals surface area contributed by atoms with E-state index in [-0.39, 0.29) is 22.3 Å². The first-order valence-corrected chi connectivity index (χ1v) is 11.0. The molecule has 0 aliphatic heterocycles. The second-order valence-electron chi connectivity index (χ2n) is 8.62. The highest BCUT2D eigenvalue weighted by Crippen LogP contribution is 2.19. The smallest absolute Gasteiger partial charge is 0.106 e. The fourth-order valence-corrected chi connectivity index (χ4v) is 3.27. The van der Waals surface area contributed by atoms with Gasteiger partial charge in [-0.15, -0.1) is 0 Å². The first-order chi connectivity index (χ1) is 14.7. The molecule has 0 amide bonds. The van der Waals surface area contributed by atoms with E-state index >= 15 is 0 Å². The Bertz CT molecular complexity index is 1040. The molecule has 5 heteroatoms. The van der Waals surface area contributed by atoms with Crippen molar-refractivity contribution in [3.05, 3.63) is 78.1 Å². The van der Waals surface area contributed by atoms with Crippen molar-refractivity contribution in [2.24, 2.45) is 7.05 Å². The molecule has 0 saturated carbocycles. The quantitative estimate of drug-likeness (QED) is 0.303. The summed E-state index contributed by atoms with van der Waals surface area (Å²) in [6.07, 6.45) is 5.78. The molecule has 4 rings (SSSR count). The van der Waals surface area contributed by atoms with Crippen molar-refractivity contribution in [2.75, 3.05) is 0 Å². The first kappa shape index (κ1) is 33.2. The van der Waals surface area contributed by atoms with Crippen LogP contribution in [-0.2, 0) is 7.05 Å². The number of benzene rings is 1. The van der Waals surface area contributed by atoms with Gasteiger partial charge in [-0.05, 0) is 62.4 Å². The van der Waals surface area contributed by atoms with Crippen LogP contribution in [0, 0.1) is 6.92 Å². The first-order valence-electron chi connectivity index (χ1n) is 11.0. The van der Waals surface area contributed by atoms with Gasteiger partial charge in [-0.1, -0.05) is 68.2 Å². The summed E-state index contributed by atoms with van der Waals surface area (Å²) in [7, 11) is 1.94. The highest BCUT2D eigenvalue weighted by molar-refractivity contribution is 5.75. The summed E-state index contributed by atoms with van der Waals surface area (Å²) in [6, 6.07) is 14.7. The van der Waals surface area contributed by atoms with Crippen LogP contribution >= 0.6 is 0 Å². The number of fused-ring (bicyclic) bond motifs is 1. The zero-order chi connectivity index (χ0) is 23.0. The van der Waals surface area contributed by atoms with Crippen molar-refractivity contribution in [2.45, 2.75) is 88.6 Å². The second kappa shape index (κ2) is 15.8. The Kier molecular flexibility index (Phi) is 15.4. The molecule has 0 N–H and O–H groups in total. The summed E-state index contributed by atoms with van der Waals surface area (Å²) < 4.78 is 4.09. The average molecular weight is 468 g/mol. The van der Waals surface area contributed by atoms with Crippen LogP contribution in [0.3, 0.4) is 0 Å². The summed E-state index contributed by atoms with van der Waals surface area (Å²) in [5.41, 5.74) is 4.79. The molecular formula is C29H49N5. The number of para-hydroxylation sites is 2. The SMILES string of the molecule is C.C.C.CC(C)c1ccccn1.CC(C)c1cnn(C)c1.Cc1nc2ccccc2n1C(C)C. The number of imidazole rings is 1. The van der Waals surface area contributed by atoms with Gasteiger partial charge in [0, 0.05) is 31.2 Å². The number of nitrogens with zero attached hydrogens (tertiary/aromatic N) is 5. The number of rotatable bonds is 3. The van der Waals surface area contributed by atoms with E-state index in [1.165, 1.54) is 11.1 Å². The number of aryl methyl sites for hydroxylation is 2. The minimum absolute atomic E-state index is 0. The van der Waals surface area contributed by atoms with Gasteiger partial charge in [0.25, 0.3) is 0 Å². The monoisotopic (exact) mass is 467 g/mol. The Balaban J connectivity index is 0. The molecule has 190 valence electrons. The molecule has 0 aliphatic carbocycles. The lowest BCUT2D eigenvalue weighted by Crippen LogP contribution is -2.02. The zero-order valence-electron chi connectivity index (χ0n) is 20.2. The van der Waals surface area contributed by atoms with Crippen LogP contribution in [-0.4, -0.2) is 24.3 Å². The molecule has 4 aromatic rings. The van der Waals surface area contributed by atoms with Crippen molar-refractivity contribution < 1.29 is 0 Å². The molecular weight excluding hydrogens is 418 g/mol. The molecule has 3 heterocycles. The van der Waals surface area contributed by atoms with Crippen molar-refractivity contribution in [3.63, 3.8) is 0 Å². The van der Waals surface area contributed by atoms with E-state index in [1.54, 1.807) is 0 Å². The van der Waals surface area contributed by atoms with Crippen LogP contribution in [0.5, 0.6) is 0 Å². The summed E-state index contributed by atoms with van der Waals surface area (Å²) >= 11 is 0. The van der Waals surface area contributed by atoms with E-state index in [0.29, 0.717) is 17.9 Å². The van der Waals surface area contributed by atoms with E-state index in [2.05, 4.69) is 86.3 Å². The Morgan fingerprint density at radius 2 is 1.41 bits per heavy atom. The minimum Gasteiger partial charge on any atom is -0.326 e. The fourth-order valence-electron chi connectivity index (χ4n) is 3.27. The third-order valence-corrected chi connectivity index (χ3v) is 4.96. The average Bonchev–Trinajstić information content (AvgIpc) is 3.32. The van der Waals surface area contributed by atoms with E-state index in [9.17, 15) is 0 Å². The third kappa shape index (κ3) is 9.50. The van der Waals surface area contributed by atoms with Crippen LogP contribution in [0.15, 0.2) is 61.1 Å². The van der Waals surface area contributed by atoms with E-state index < -0.39 is 0 Å². The maximum Gasteiger partial charge on any atom is 0.106 e. The highest BCUT2D eigenvalue weighted by atomic mass is 15.2. The molecule has 1 aromatic carbocycles. The molecule has 0 bridgehead atoms. The van der Waals surface area contributed by atoms with Crippen molar-refractivity contribution in [1.29, 1.82) is 0 Å². The largest absolute Gasteiger partial charge is 0.326 e. The van der Waals surface area contributed by atoms with Gasteiger partial charge in [0.15, 0.2) is 0 Å². The van der Waals surface area contributed by atoms with Gasteiger partial charge in [-0.3, -0.25) is 9.67 Å². The highest BCUT2D eigenvalue weighted by Gasteiger charge is 2.08. The topological polar surface area (TPSA) is 48.5 Å². The molecule has 3 aromatic heterocycles. The summed E-state index contributed by atoms with van der Waals surface area (Å²) in [4.78, 5) is 8.68. The molecule has 0 fully saturated rings. The van der Waals surface area contributed by atoms with Gasteiger partial charge >= 0.3 is 0 Å². The maximum atomic E-state index is 4.50. The lowest BCUT2D eigenvalue weighted by Gasteiger charge is -2.10. The molecule has 34 heavy (non-hydrogen) atoms. The van der Waals surface area contributed by atoms with Gasteiger partial charge in [0.2, 0.25) is 0 Å². The van der Waals surface area contributed by atoms with Gasteiger partial charge < -0.3 is 4.57 Å². The maximum absolute atomic E-state index is 4.50. The van der Waals surface area contributed by atoms with Crippen molar-refractivity contribution in [3.8, 4) is 0 Å². The number of pyridine rings is 1. The van der Waals surface area contributed by atoms with E-state index in [4.69, 9.17) is 0 Å². The Morgan fingerprint density at radius 3 is 1.82 bits per heavy atom. The van der Waals surface area contributed by atoms with Gasteiger partial charge in [0.05, 0.1) is 17.2 Å². The molecule has 0 aliphatic rings. The Hall–Kier alpha value is -2.95. The van der Waals surface area contributed by atoms with Crippen molar-refractivity contribution in [1.82, 2.24) is 24.3 Å². The molecule has 5 nitrogen and oxygen atoms in total. The Morgan fingerprint density at radius 1 is 0.794 bits per heavy atom. The summed E-state index contributed by atoms with van der Waals surface area (Å²) in [6.45, 7) is 15.0. The lowest BCUT2D eigenvalue weighted by atomic mass is 10.1. The van der Waals surface area contributed by atoms with Crippen LogP contribution in [0.25, 0.3) is 11.0 Å². The second-order valence-corrected chi connectivity index (χ2v) is 8.62. The van der Waals surface area contributed by atoms with Crippen LogP contribution < -0.4 is 0 Å². The van der Waals surface area contributed by atoms with Crippen LogP contribution in [0.2, 0.25) is 0 Å².